The van der Waals surface area contributed by atoms with Crippen molar-refractivity contribution in [3.8, 4) is 0 Å². The zero-order chi connectivity index (χ0) is 15.6. The Morgan fingerprint density at radius 3 is 2.71 bits per heavy atom. The Kier molecular flexibility index (Phi) is 4.47. The number of nitrogens with zero attached hydrogens (tertiary/aromatic N) is 1. The molecule has 1 unspecified atom stereocenters. The van der Waals surface area contributed by atoms with Crippen molar-refractivity contribution in [2.45, 2.75) is 26.8 Å². The molecule has 0 bridgehead atoms. The molecule has 0 saturated carbocycles. The lowest BCUT2D eigenvalue weighted by molar-refractivity contribution is 0.0602. The maximum atomic E-state index is 11.7. The summed E-state index contributed by atoms with van der Waals surface area (Å²) in [5.74, 6) is -0.436. The molecule has 2 aromatic rings. The third-order valence-corrected chi connectivity index (χ3v) is 4.47. The molecular formula is C15H19N3O2S. The molecule has 1 heterocycles. The third kappa shape index (κ3) is 3.16. The Morgan fingerprint density at radius 1 is 1.43 bits per heavy atom. The van der Waals surface area contributed by atoms with Crippen LogP contribution in [0.15, 0.2) is 18.2 Å². The number of anilines is 2. The van der Waals surface area contributed by atoms with Gasteiger partial charge < -0.3 is 15.8 Å². The Labute approximate surface area is 128 Å². The lowest BCUT2D eigenvalue weighted by Gasteiger charge is -2.17. The largest absolute Gasteiger partial charge is 0.465 e. The summed E-state index contributed by atoms with van der Waals surface area (Å²) >= 11 is 1.66. The first kappa shape index (κ1) is 15.3. The summed E-state index contributed by atoms with van der Waals surface area (Å²) in [6.45, 7) is 6.02. The predicted molar refractivity (Wildman–Crippen MR) is 85.8 cm³/mol. The second-order valence-electron chi connectivity index (χ2n) is 4.81. The highest BCUT2D eigenvalue weighted by molar-refractivity contribution is 7.11. The van der Waals surface area contributed by atoms with Crippen LogP contribution in [0.1, 0.15) is 38.9 Å². The molecule has 6 heteroatoms. The highest BCUT2D eigenvalue weighted by Crippen LogP contribution is 2.31. The van der Waals surface area contributed by atoms with Crippen molar-refractivity contribution in [1.29, 1.82) is 0 Å². The van der Waals surface area contributed by atoms with E-state index in [9.17, 15) is 4.79 Å². The fourth-order valence-electron chi connectivity index (χ4n) is 2.23. The number of nitrogens with one attached hydrogen (secondary N) is 1. The van der Waals surface area contributed by atoms with Crippen LogP contribution in [0.2, 0.25) is 0 Å². The summed E-state index contributed by atoms with van der Waals surface area (Å²) in [5.41, 5.74) is 8.55. The smallest absolute Gasteiger partial charge is 0.340 e. The Morgan fingerprint density at radius 2 is 2.14 bits per heavy atom. The molecule has 112 valence electrons. The normalized spacial score (nSPS) is 12.0. The number of carbonyl (C=O) groups is 1. The number of ether oxygens (including phenoxy) is 1. The van der Waals surface area contributed by atoms with E-state index < -0.39 is 5.97 Å². The lowest BCUT2D eigenvalue weighted by Crippen LogP contribution is -2.11. The molecule has 2 rings (SSSR count). The summed E-state index contributed by atoms with van der Waals surface area (Å²) in [6.07, 6.45) is 0. The zero-order valence-electron chi connectivity index (χ0n) is 12.6. The van der Waals surface area contributed by atoms with E-state index in [2.05, 4.69) is 10.3 Å². The molecule has 21 heavy (non-hydrogen) atoms. The number of hydrogen-bond acceptors (Lipinski definition) is 6. The SMILES string of the molecule is COC(=O)c1cccc(NC(C)c2sc(C)nc2C)c1N. The van der Waals surface area contributed by atoms with Crippen LogP contribution in [0, 0.1) is 13.8 Å². The van der Waals surface area contributed by atoms with Crippen LogP contribution in [0.4, 0.5) is 11.4 Å². The summed E-state index contributed by atoms with van der Waals surface area (Å²) in [4.78, 5) is 17.3. The number of methoxy groups -OCH3 is 1. The van der Waals surface area contributed by atoms with E-state index >= 15 is 0 Å². The summed E-state index contributed by atoms with van der Waals surface area (Å²) in [6, 6.07) is 5.34. The minimum Gasteiger partial charge on any atom is -0.465 e. The summed E-state index contributed by atoms with van der Waals surface area (Å²) in [7, 11) is 1.34. The highest BCUT2D eigenvalue weighted by Gasteiger charge is 2.17. The average molecular weight is 305 g/mol. The molecule has 0 saturated heterocycles. The van der Waals surface area contributed by atoms with Gasteiger partial charge in [-0.3, -0.25) is 0 Å². The van der Waals surface area contributed by atoms with Gasteiger partial charge in [0.2, 0.25) is 0 Å². The number of aromatic nitrogens is 1. The molecular weight excluding hydrogens is 286 g/mol. The van der Waals surface area contributed by atoms with E-state index in [1.165, 1.54) is 7.11 Å². The number of nitrogens with two attached hydrogens (primary N) is 1. The maximum Gasteiger partial charge on any atom is 0.340 e. The molecule has 1 atom stereocenters. The molecule has 1 aromatic heterocycles. The number of hydrogen-bond donors (Lipinski definition) is 2. The van der Waals surface area contributed by atoms with Gasteiger partial charge in [-0.05, 0) is 32.9 Å². The molecule has 0 spiro atoms. The van der Waals surface area contributed by atoms with Gasteiger partial charge >= 0.3 is 5.97 Å². The van der Waals surface area contributed by atoms with Crippen LogP contribution in [-0.4, -0.2) is 18.1 Å². The van der Waals surface area contributed by atoms with Gasteiger partial charge in [-0.25, -0.2) is 9.78 Å². The molecule has 5 nitrogen and oxygen atoms in total. The van der Waals surface area contributed by atoms with Gasteiger partial charge in [-0.1, -0.05) is 6.07 Å². The number of rotatable bonds is 4. The maximum absolute atomic E-state index is 11.7. The van der Waals surface area contributed by atoms with E-state index in [-0.39, 0.29) is 6.04 Å². The Bertz CT molecular complexity index is 667. The number of aryl methyl sites for hydroxylation is 2. The van der Waals surface area contributed by atoms with Crippen molar-refractivity contribution in [2.75, 3.05) is 18.2 Å². The highest BCUT2D eigenvalue weighted by atomic mass is 32.1. The second kappa shape index (κ2) is 6.13. The predicted octanol–water partition coefficient (Wildman–Crippen LogP) is 3.30. The first-order chi connectivity index (χ1) is 9.93. The standard InChI is InChI=1S/C15H19N3O2S/c1-8-14(21-10(3)17-8)9(2)18-12-7-5-6-11(13(12)16)15(19)20-4/h5-7,9,18H,16H2,1-4H3. The van der Waals surface area contributed by atoms with Gasteiger partial charge in [-0.2, -0.15) is 0 Å². The van der Waals surface area contributed by atoms with Crippen LogP contribution in [0.5, 0.6) is 0 Å². The molecule has 1 aromatic carbocycles. The van der Waals surface area contributed by atoms with Crippen LogP contribution >= 0.6 is 11.3 Å². The monoisotopic (exact) mass is 305 g/mol. The van der Waals surface area contributed by atoms with Gasteiger partial charge in [0.1, 0.15) is 0 Å². The third-order valence-electron chi connectivity index (χ3n) is 3.22. The summed E-state index contributed by atoms with van der Waals surface area (Å²) < 4.78 is 4.73. The van der Waals surface area contributed by atoms with Gasteiger partial charge in [0, 0.05) is 4.88 Å². The van der Waals surface area contributed by atoms with Crippen LogP contribution in [0.25, 0.3) is 0 Å². The second-order valence-corrected chi connectivity index (χ2v) is 6.04. The molecule has 0 fully saturated rings. The minimum absolute atomic E-state index is 0.0615. The summed E-state index contributed by atoms with van der Waals surface area (Å²) in [5, 5.41) is 4.37. The van der Waals surface area contributed by atoms with Crippen molar-refractivity contribution in [3.05, 3.63) is 39.3 Å². The number of carbonyl (C=O) groups excluding carboxylic acids is 1. The minimum atomic E-state index is -0.436. The van der Waals surface area contributed by atoms with Crippen molar-refractivity contribution >= 4 is 28.7 Å². The van der Waals surface area contributed by atoms with Crippen molar-refractivity contribution in [1.82, 2.24) is 4.98 Å². The van der Waals surface area contributed by atoms with Gasteiger partial charge in [0.05, 0.1) is 40.8 Å². The number of para-hydroxylation sites is 1. The van der Waals surface area contributed by atoms with E-state index in [0.717, 1.165) is 21.3 Å². The first-order valence-corrected chi connectivity index (χ1v) is 7.43. The fourth-order valence-corrected chi connectivity index (χ4v) is 3.16. The van der Waals surface area contributed by atoms with Gasteiger partial charge in [0.25, 0.3) is 0 Å². The number of thiazole rings is 1. The van der Waals surface area contributed by atoms with E-state index in [0.29, 0.717) is 11.3 Å². The first-order valence-electron chi connectivity index (χ1n) is 6.61. The van der Waals surface area contributed by atoms with Gasteiger partial charge in [-0.15, -0.1) is 11.3 Å². The molecule has 3 N–H and O–H groups in total. The van der Waals surface area contributed by atoms with Crippen molar-refractivity contribution < 1.29 is 9.53 Å². The number of benzene rings is 1. The van der Waals surface area contributed by atoms with Crippen molar-refractivity contribution in [3.63, 3.8) is 0 Å². The van der Waals surface area contributed by atoms with E-state index in [4.69, 9.17) is 10.5 Å². The topological polar surface area (TPSA) is 77.2 Å². The van der Waals surface area contributed by atoms with E-state index in [1.54, 1.807) is 23.5 Å². The average Bonchev–Trinajstić information content (AvgIpc) is 2.79. The quantitative estimate of drug-likeness (QED) is 0.669. The van der Waals surface area contributed by atoms with E-state index in [1.807, 2.05) is 26.8 Å². The number of esters is 1. The van der Waals surface area contributed by atoms with Crippen LogP contribution in [-0.2, 0) is 4.74 Å². The lowest BCUT2D eigenvalue weighted by atomic mass is 10.1. The van der Waals surface area contributed by atoms with Gasteiger partial charge in [0.15, 0.2) is 0 Å². The zero-order valence-corrected chi connectivity index (χ0v) is 13.4. The fraction of sp³-hybridized carbons (Fsp3) is 0.333. The molecule has 0 radical (unpaired) electrons. The molecule has 0 aliphatic carbocycles. The van der Waals surface area contributed by atoms with Crippen molar-refractivity contribution in [2.24, 2.45) is 0 Å². The molecule has 0 amide bonds. The molecule has 0 aliphatic rings. The molecule has 0 aliphatic heterocycles. The number of nitrogen functional groups attached to an aromatic ring is 1. The van der Waals surface area contributed by atoms with Crippen LogP contribution < -0.4 is 11.1 Å². The Hall–Kier alpha value is -2.08. The van der Waals surface area contributed by atoms with Crippen LogP contribution in [0.3, 0.4) is 0 Å². The Balaban J connectivity index is 2.27.